The summed E-state index contributed by atoms with van der Waals surface area (Å²) in [5, 5.41) is 3.79. The van der Waals surface area contributed by atoms with Gasteiger partial charge in [-0.1, -0.05) is 6.92 Å². The number of nitrogens with zero attached hydrogens (tertiary/aromatic N) is 6. The Hall–Kier alpha value is -4.39. The molecule has 1 saturated carbocycles. The zero-order valence-electron chi connectivity index (χ0n) is 23.4. The van der Waals surface area contributed by atoms with Crippen molar-refractivity contribution in [1.29, 1.82) is 0 Å². The molecule has 6 rings (SSSR count). The number of H-pyrrole nitrogens is 1. The predicted molar refractivity (Wildman–Crippen MR) is 151 cm³/mol. The van der Waals surface area contributed by atoms with Gasteiger partial charge in [0.1, 0.15) is 29.1 Å². The van der Waals surface area contributed by atoms with Gasteiger partial charge in [0.05, 0.1) is 29.0 Å². The van der Waals surface area contributed by atoms with Crippen LogP contribution in [0, 0.1) is 18.2 Å². The second kappa shape index (κ2) is 9.91. The number of rotatable bonds is 7. The van der Waals surface area contributed by atoms with Crippen molar-refractivity contribution >= 4 is 45.3 Å². The van der Waals surface area contributed by atoms with E-state index >= 15 is 4.39 Å². The van der Waals surface area contributed by atoms with Crippen molar-refractivity contribution < 1.29 is 18.7 Å². The maximum absolute atomic E-state index is 15.2. The van der Waals surface area contributed by atoms with Crippen LogP contribution in [0.3, 0.4) is 0 Å². The number of benzene rings is 1. The van der Waals surface area contributed by atoms with E-state index in [9.17, 15) is 9.59 Å². The fraction of sp³-hybridized carbons (Fsp3) is 0.429. The Labute approximate surface area is 235 Å². The van der Waals surface area contributed by atoms with E-state index in [2.05, 4.69) is 30.2 Å². The number of carbonyl (C=O) groups is 2. The third kappa shape index (κ3) is 4.79. The molecule has 1 aromatic carbocycles. The fourth-order valence-electron chi connectivity index (χ4n) is 5.54. The molecular formula is C28H32FN9O3. The van der Waals surface area contributed by atoms with Gasteiger partial charge in [-0.3, -0.25) is 9.59 Å². The quantitative estimate of drug-likeness (QED) is 0.309. The van der Waals surface area contributed by atoms with Crippen LogP contribution in [0.25, 0.3) is 21.9 Å². The first-order valence-corrected chi connectivity index (χ1v) is 13.7. The van der Waals surface area contributed by atoms with E-state index in [1.165, 1.54) is 29.4 Å². The van der Waals surface area contributed by atoms with Crippen molar-refractivity contribution in [3.8, 4) is 11.8 Å². The molecule has 2 unspecified atom stereocenters. The number of hydrogen-bond acceptors (Lipinski definition) is 9. The fourth-order valence-corrected chi connectivity index (χ4v) is 5.54. The summed E-state index contributed by atoms with van der Waals surface area (Å²) in [5.41, 5.74) is 7.80. The summed E-state index contributed by atoms with van der Waals surface area (Å²) >= 11 is 0. The Balaban J connectivity index is 1.48. The number of aromatic amines is 1. The molecule has 12 nitrogen and oxygen atoms in total. The summed E-state index contributed by atoms with van der Waals surface area (Å²) in [4.78, 5) is 49.6. The number of fused-ring (bicyclic) bond motifs is 3. The zero-order chi connectivity index (χ0) is 29.1. The molecule has 13 heteroatoms. The number of aryl methyl sites for hydroxylation is 1. The molecule has 2 aliphatic rings. The molecule has 2 amide bonds. The Morgan fingerprint density at radius 2 is 2.02 bits per heavy atom. The number of hydrogen-bond donors (Lipinski definition) is 3. The zero-order valence-corrected chi connectivity index (χ0v) is 23.4. The Morgan fingerprint density at radius 1 is 1.29 bits per heavy atom. The first kappa shape index (κ1) is 26.8. The van der Waals surface area contributed by atoms with Gasteiger partial charge in [-0.25, -0.2) is 14.4 Å². The molecular weight excluding hydrogens is 529 g/mol. The molecule has 4 aromatic rings. The van der Waals surface area contributed by atoms with Crippen LogP contribution in [-0.4, -0.2) is 69.0 Å². The van der Waals surface area contributed by atoms with Crippen molar-refractivity contribution in [3.63, 3.8) is 0 Å². The van der Waals surface area contributed by atoms with Crippen LogP contribution in [-0.2, 0) is 9.59 Å². The largest absolute Gasteiger partial charge is 0.421 e. The van der Waals surface area contributed by atoms with Crippen LogP contribution in [0.2, 0.25) is 0 Å². The first-order valence-electron chi connectivity index (χ1n) is 13.7. The molecule has 1 aliphatic carbocycles. The number of halogens is 1. The maximum atomic E-state index is 15.2. The summed E-state index contributed by atoms with van der Waals surface area (Å²) in [6.45, 7) is 6.38. The van der Waals surface area contributed by atoms with E-state index in [1.54, 1.807) is 27.8 Å². The lowest BCUT2D eigenvalue weighted by molar-refractivity contribution is -0.126. The van der Waals surface area contributed by atoms with Crippen molar-refractivity contribution in [2.45, 2.75) is 52.1 Å². The lowest BCUT2D eigenvalue weighted by Gasteiger charge is -2.23. The number of nitrogens with one attached hydrogen (secondary N) is 2. The number of ether oxygens (including phenoxy) is 1. The van der Waals surface area contributed by atoms with Crippen molar-refractivity contribution in [2.24, 2.45) is 11.1 Å². The average molecular weight is 562 g/mol. The first-order chi connectivity index (χ1) is 19.6. The van der Waals surface area contributed by atoms with Gasteiger partial charge in [0, 0.05) is 43.4 Å². The molecule has 4 heterocycles. The number of anilines is 2. The van der Waals surface area contributed by atoms with Crippen LogP contribution in [0.4, 0.5) is 15.9 Å². The van der Waals surface area contributed by atoms with Crippen molar-refractivity contribution in [2.75, 3.05) is 29.9 Å². The third-order valence-electron chi connectivity index (χ3n) is 8.09. The highest BCUT2D eigenvalue weighted by molar-refractivity contribution is 6.16. The van der Waals surface area contributed by atoms with E-state index in [-0.39, 0.29) is 29.8 Å². The van der Waals surface area contributed by atoms with E-state index < -0.39 is 17.8 Å². The number of carbonyl (C=O) groups excluding carboxylic acids is 2. The Kier molecular flexibility index (Phi) is 6.48. The molecule has 0 bridgehead atoms. The van der Waals surface area contributed by atoms with Gasteiger partial charge in [-0.15, -0.1) is 0 Å². The van der Waals surface area contributed by atoms with Gasteiger partial charge in [0.25, 0.3) is 0 Å². The summed E-state index contributed by atoms with van der Waals surface area (Å²) < 4.78 is 21.1. The molecule has 2 atom stereocenters. The molecule has 4 N–H and O–H groups in total. The SMILES string of the molecule is CCC(=O)NC(C)C(=O)N(C)c1cc(F)cc2c1[nH]c1nc(Oc3cnc(C)nc3)nc(N3CC(N)C4(CC4)C3)c12. The summed E-state index contributed by atoms with van der Waals surface area (Å²) in [7, 11) is 1.55. The van der Waals surface area contributed by atoms with Crippen LogP contribution < -0.4 is 25.6 Å². The van der Waals surface area contributed by atoms with Gasteiger partial charge >= 0.3 is 6.01 Å². The van der Waals surface area contributed by atoms with Crippen LogP contribution >= 0.6 is 0 Å². The van der Waals surface area contributed by atoms with Crippen LogP contribution in [0.1, 0.15) is 38.9 Å². The smallest absolute Gasteiger partial charge is 0.326 e. The minimum atomic E-state index is -0.803. The van der Waals surface area contributed by atoms with E-state index in [0.717, 1.165) is 19.4 Å². The number of nitrogens with two attached hydrogens (primary N) is 1. The second-order valence-electron chi connectivity index (χ2n) is 11.0. The summed E-state index contributed by atoms with van der Waals surface area (Å²) in [6, 6.07) is 1.94. The standard InChI is InChI=1S/C28H32FN9O3/c1-5-21(39)33-14(2)26(40)37(4)19-9-16(29)8-18-22-24(34-23(18)19)35-27(41-17-10-31-15(3)32-11-17)36-25(22)38-12-20(30)28(13-38)6-7-28/h8-11,14,20H,5-7,12-13,30H2,1-4H3,(H,33,39)(H,34,35,36). The van der Waals surface area contributed by atoms with Gasteiger partial charge in [0.15, 0.2) is 5.75 Å². The monoisotopic (exact) mass is 561 g/mol. The highest BCUT2D eigenvalue weighted by atomic mass is 19.1. The minimum Gasteiger partial charge on any atom is -0.421 e. The number of amides is 2. The predicted octanol–water partition coefficient (Wildman–Crippen LogP) is 2.95. The maximum Gasteiger partial charge on any atom is 0.326 e. The van der Waals surface area contributed by atoms with Crippen LogP contribution in [0.5, 0.6) is 11.8 Å². The second-order valence-corrected chi connectivity index (χ2v) is 11.0. The minimum absolute atomic E-state index is 0.0107. The van der Waals surface area contributed by atoms with Gasteiger partial charge < -0.3 is 30.6 Å². The van der Waals surface area contributed by atoms with Gasteiger partial charge in [-0.2, -0.15) is 9.97 Å². The van der Waals surface area contributed by atoms with Gasteiger partial charge in [0.2, 0.25) is 11.8 Å². The van der Waals surface area contributed by atoms with Crippen molar-refractivity contribution in [3.05, 3.63) is 36.2 Å². The van der Waals surface area contributed by atoms with E-state index in [1.807, 2.05) is 0 Å². The average Bonchev–Trinajstić information content (AvgIpc) is 3.54. The molecule has 1 aliphatic heterocycles. The molecule has 0 radical (unpaired) electrons. The molecule has 3 aromatic heterocycles. The molecule has 41 heavy (non-hydrogen) atoms. The molecule has 214 valence electrons. The number of likely N-dealkylation sites (N-methyl/N-ethyl adjacent to an activating group) is 1. The third-order valence-corrected chi connectivity index (χ3v) is 8.09. The normalized spacial score (nSPS) is 18.2. The molecule has 1 spiro atoms. The summed E-state index contributed by atoms with van der Waals surface area (Å²) in [6.07, 6.45) is 5.43. The lowest BCUT2D eigenvalue weighted by Crippen LogP contribution is -2.45. The lowest BCUT2D eigenvalue weighted by atomic mass is 10.0. The highest BCUT2D eigenvalue weighted by Gasteiger charge is 2.54. The van der Waals surface area contributed by atoms with E-state index in [0.29, 0.717) is 51.6 Å². The van der Waals surface area contributed by atoms with Crippen molar-refractivity contribution in [1.82, 2.24) is 30.2 Å². The summed E-state index contributed by atoms with van der Waals surface area (Å²) in [5.74, 6) is 0.360. The topological polar surface area (TPSA) is 155 Å². The van der Waals surface area contributed by atoms with E-state index in [4.69, 9.17) is 15.5 Å². The molecule has 1 saturated heterocycles. The molecule has 2 fully saturated rings. The Bertz CT molecular complexity index is 1670. The van der Waals surface area contributed by atoms with Crippen LogP contribution in [0.15, 0.2) is 24.5 Å². The number of aromatic nitrogens is 5. The highest BCUT2D eigenvalue weighted by Crippen LogP contribution is 2.53. The van der Waals surface area contributed by atoms with Gasteiger partial charge in [-0.05, 0) is 38.8 Å². The Morgan fingerprint density at radius 3 is 2.68 bits per heavy atom.